The molecular weight excluding hydrogens is 257 g/mol. The Bertz CT molecular complexity index is 470. The molecule has 1 rings (SSSR count). The lowest BCUT2D eigenvalue weighted by Gasteiger charge is -2.19. The van der Waals surface area contributed by atoms with Crippen LogP contribution in [0.1, 0.15) is 46.0 Å². The lowest BCUT2D eigenvalue weighted by atomic mass is 9.90. The summed E-state index contributed by atoms with van der Waals surface area (Å²) in [5, 5.41) is 12.4. The molecule has 0 bridgehead atoms. The highest BCUT2D eigenvalue weighted by molar-refractivity contribution is 7.63. The van der Waals surface area contributed by atoms with Crippen molar-refractivity contribution < 1.29 is 9.30 Å². The van der Waals surface area contributed by atoms with Crippen LogP contribution in [-0.4, -0.2) is 12.3 Å². The summed E-state index contributed by atoms with van der Waals surface area (Å²) in [7, 11) is -2.22. The third-order valence-corrected chi connectivity index (χ3v) is 6.62. The fraction of sp³-hybridized carbons (Fsp3) is 0.667. The lowest BCUT2D eigenvalue weighted by Crippen LogP contribution is -2.38. The molecule has 4 heteroatoms. The van der Waals surface area contributed by atoms with Gasteiger partial charge in [0.15, 0.2) is 11.4 Å². The molecule has 1 aromatic heterocycles. The normalized spacial score (nSPS) is 12.7. The van der Waals surface area contributed by atoms with E-state index in [1.165, 1.54) is 0 Å². The molecule has 0 unspecified atom stereocenters. The first-order chi connectivity index (χ1) is 8.71. The molecule has 0 aromatic carbocycles. The summed E-state index contributed by atoms with van der Waals surface area (Å²) in [6.45, 7) is 10.2. The van der Waals surface area contributed by atoms with Gasteiger partial charge >= 0.3 is 0 Å². The molecule has 0 atom stereocenters. The van der Waals surface area contributed by atoms with Gasteiger partial charge in [-0.1, -0.05) is 34.6 Å². The first-order valence-electron chi connectivity index (χ1n) is 6.98. The van der Waals surface area contributed by atoms with Crippen LogP contribution < -0.4 is 4.73 Å². The molecule has 0 saturated heterocycles. The summed E-state index contributed by atoms with van der Waals surface area (Å²) in [5.74, 6) is 0. The van der Waals surface area contributed by atoms with E-state index >= 15 is 0 Å². The van der Waals surface area contributed by atoms with E-state index in [1.807, 2.05) is 26.0 Å². The smallest absolute Gasteiger partial charge is 0.200 e. The van der Waals surface area contributed by atoms with Crippen molar-refractivity contribution in [1.29, 1.82) is 0 Å². The summed E-state index contributed by atoms with van der Waals surface area (Å²) in [6, 6.07) is 5.57. The largest absolute Gasteiger partial charge is 0.618 e. The minimum Gasteiger partial charge on any atom is -0.618 e. The minimum absolute atomic E-state index is 0.0734. The number of aromatic nitrogens is 1. The fourth-order valence-electron chi connectivity index (χ4n) is 2.12. The molecule has 0 fully saturated rings. The van der Waals surface area contributed by atoms with Crippen LogP contribution in [0.25, 0.3) is 0 Å². The van der Waals surface area contributed by atoms with Gasteiger partial charge in [0, 0.05) is 18.6 Å². The van der Waals surface area contributed by atoms with E-state index in [-0.39, 0.29) is 5.41 Å². The highest BCUT2D eigenvalue weighted by Crippen LogP contribution is 2.47. The molecule has 0 aliphatic heterocycles. The van der Waals surface area contributed by atoms with E-state index in [9.17, 15) is 9.77 Å². The van der Waals surface area contributed by atoms with Gasteiger partial charge in [-0.15, -0.1) is 0 Å². The van der Waals surface area contributed by atoms with Gasteiger partial charge in [-0.3, -0.25) is 0 Å². The minimum atomic E-state index is -2.22. The lowest BCUT2D eigenvalue weighted by molar-refractivity contribution is -0.622. The van der Waals surface area contributed by atoms with Crippen LogP contribution in [0.3, 0.4) is 0 Å². The Kier molecular flexibility index (Phi) is 5.20. The van der Waals surface area contributed by atoms with E-state index < -0.39 is 7.14 Å². The number of rotatable bonds is 5. The zero-order valence-corrected chi connectivity index (χ0v) is 13.7. The highest BCUT2D eigenvalue weighted by Gasteiger charge is 2.25. The van der Waals surface area contributed by atoms with Crippen LogP contribution in [0.15, 0.2) is 18.2 Å². The first-order valence-corrected chi connectivity index (χ1v) is 9.24. The molecule has 0 aliphatic carbocycles. The van der Waals surface area contributed by atoms with Gasteiger partial charge in [-0.05, 0) is 23.8 Å². The van der Waals surface area contributed by atoms with E-state index in [1.54, 1.807) is 6.07 Å². The van der Waals surface area contributed by atoms with Crippen LogP contribution in [0.2, 0.25) is 0 Å². The Hall–Kier alpha value is -0.820. The third kappa shape index (κ3) is 4.65. The fourth-order valence-corrected chi connectivity index (χ4v) is 3.84. The maximum Gasteiger partial charge on any atom is 0.200 e. The average Bonchev–Trinajstić information content (AvgIpc) is 2.32. The molecule has 0 spiro atoms. The Morgan fingerprint density at radius 3 is 2.16 bits per heavy atom. The monoisotopic (exact) mass is 283 g/mol. The summed E-state index contributed by atoms with van der Waals surface area (Å²) >= 11 is 0. The quantitative estimate of drug-likeness (QED) is 0.468. The van der Waals surface area contributed by atoms with Crippen molar-refractivity contribution in [2.45, 2.75) is 47.2 Å². The molecule has 1 aromatic rings. The molecule has 0 amide bonds. The molecular formula is C15H26NO2P. The maximum atomic E-state index is 12.5. The highest BCUT2D eigenvalue weighted by atomic mass is 31.2. The molecule has 0 saturated carbocycles. The second-order valence-corrected chi connectivity index (χ2v) is 10.1. The second-order valence-electron chi connectivity index (χ2n) is 6.39. The van der Waals surface area contributed by atoms with Crippen LogP contribution in [0.5, 0.6) is 0 Å². The van der Waals surface area contributed by atoms with E-state index in [0.29, 0.717) is 24.2 Å². The van der Waals surface area contributed by atoms with Crippen LogP contribution in [-0.2, 0) is 17.1 Å². The molecule has 0 aliphatic rings. The summed E-state index contributed by atoms with van der Waals surface area (Å²) in [6.07, 6.45) is 2.47. The molecule has 1 heterocycles. The van der Waals surface area contributed by atoms with Crippen molar-refractivity contribution in [3.05, 3.63) is 34.8 Å². The first kappa shape index (κ1) is 16.2. The van der Waals surface area contributed by atoms with E-state index in [4.69, 9.17) is 0 Å². The summed E-state index contributed by atoms with van der Waals surface area (Å²) in [4.78, 5) is 0. The van der Waals surface area contributed by atoms with Crippen molar-refractivity contribution in [1.82, 2.24) is 0 Å². The summed E-state index contributed by atoms with van der Waals surface area (Å²) < 4.78 is 13.5. The standard InChI is InChI=1S/C15H26NO2P/c1-6-19(18,7-2)12-14-10-8-9-13(16(14)17)11-15(3,4)5/h8-10H,6-7,11-12H2,1-5H3. The Labute approximate surface area is 117 Å². The van der Waals surface area contributed by atoms with Crippen molar-refractivity contribution in [2.24, 2.45) is 5.41 Å². The molecule has 108 valence electrons. The van der Waals surface area contributed by atoms with Crippen molar-refractivity contribution in [3.8, 4) is 0 Å². The molecule has 0 N–H and O–H groups in total. The predicted octanol–water partition coefficient (Wildman–Crippen LogP) is 3.81. The van der Waals surface area contributed by atoms with Crippen molar-refractivity contribution in [3.63, 3.8) is 0 Å². The van der Waals surface area contributed by atoms with Crippen molar-refractivity contribution >= 4 is 7.14 Å². The van der Waals surface area contributed by atoms with Crippen LogP contribution in [0, 0.1) is 10.6 Å². The van der Waals surface area contributed by atoms with Gasteiger partial charge in [-0.25, -0.2) is 0 Å². The van der Waals surface area contributed by atoms with Gasteiger partial charge in [0.1, 0.15) is 0 Å². The van der Waals surface area contributed by atoms with Gasteiger partial charge < -0.3 is 9.77 Å². The SMILES string of the molecule is CCP(=O)(CC)Cc1cccc(CC(C)(C)C)[n+]1[O-]. The predicted molar refractivity (Wildman–Crippen MR) is 81.0 cm³/mol. The second kappa shape index (κ2) is 6.09. The van der Waals surface area contributed by atoms with Gasteiger partial charge in [0.25, 0.3) is 0 Å². The average molecular weight is 283 g/mol. The zero-order valence-electron chi connectivity index (χ0n) is 12.8. The number of hydrogen-bond acceptors (Lipinski definition) is 2. The molecule has 3 nitrogen and oxygen atoms in total. The Morgan fingerprint density at radius 1 is 1.16 bits per heavy atom. The zero-order chi connectivity index (χ0) is 14.7. The van der Waals surface area contributed by atoms with Gasteiger partial charge in [0.05, 0.1) is 13.3 Å². The Morgan fingerprint density at radius 2 is 1.68 bits per heavy atom. The topological polar surface area (TPSA) is 44.0 Å². The number of pyridine rings is 1. The van der Waals surface area contributed by atoms with Crippen molar-refractivity contribution in [2.75, 3.05) is 12.3 Å². The third-order valence-electron chi connectivity index (χ3n) is 3.41. The van der Waals surface area contributed by atoms with E-state index in [0.717, 1.165) is 16.8 Å². The van der Waals surface area contributed by atoms with Crippen LogP contribution >= 0.6 is 7.14 Å². The van der Waals surface area contributed by atoms with Crippen LogP contribution in [0.4, 0.5) is 0 Å². The van der Waals surface area contributed by atoms with Gasteiger partial charge in [-0.2, -0.15) is 4.73 Å². The summed E-state index contributed by atoms with van der Waals surface area (Å²) in [5.41, 5.74) is 1.49. The Balaban J connectivity index is 3.05. The number of nitrogens with zero attached hydrogens (tertiary/aromatic N) is 1. The molecule has 19 heavy (non-hydrogen) atoms. The van der Waals surface area contributed by atoms with Gasteiger partial charge in [0.2, 0.25) is 0 Å². The van der Waals surface area contributed by atoms with E-state index in [2.05, 4.69) is 20.8 Å². The number of hydrogen-bond donors (Lipinski definition) is 0. The molecule has 0 radical (unpaired) electrons. The maximum absolute atomic E-state index is 12.5.